The number of carbonyl (C=O) groups is 2. The Morgan fingerprint density at radius 1 is 1.24 bits per heavy atom. The van der Waals surface area contributed by atoms with Crippen molar-refractivity contribution in [3.8, 4) is 0 Å². The summed E-state index contributed by atoms with van der Waals surface area (Å²) in [5.41, 5.74) is 0.838. The molecule has 4 heteroatoms. The van der Waals surface area contributed by atoms with E-state index in [1.54, 1.807) is 0 Å². The van der Waals surface area contributed by atoms with Gasteiger partial charge in [-0.3, -0.25) is 9.69 Å². The first-order chi connectivity index (χ1) is 8.24. The second kappa shape index (κ2) is 4.99. The summed E-state index contributed by atoms with van der Waals surface area (Å²) in [5, 5.41) is 2.72. The molecular formula is C13H16N2O2. The number of hydrogen-bond acceptors (Lipinski definition) is 2. The van der Waals surface area contributed by atoms with Gasteiger partial charge < -0.3 is 5.32 Å². The molecule has 1 N–H and O–H groups in total. The zero-order valence-corrected chi connectivity index (χ0v) is 9.85. The molecule has 0 aliphatic carbocycles. The first kappa shape index (κ1) is 11.6. The van der Waals surface area contributed by atoms with E-state index in [1.807, 2.05) is 37.3 Å². The third-order valence-corrected chi connectivity index (χ3v) is 2.89. The number of rotatable bonds is 4. The highest BCUT2D eigenvalue weighted by molar-refractivity contribution is 6.04. The molecule has 3 amide bonds. The van der Waals surface area contributed by atoms with Gasteiger partial charge in [-0.15, -0.1) is 0 Å². The topological polar surface area (TPSA) is 49.4 Å². The van der Waals surface area contributed by atoms with Gasteiger partial charge in [0.25, 0.3) is 5.91 Å². The fraction of sp³-hybridized carbons (Fsp3) is 0.385. The summed E-state index contributed by atoms with van der Waals surface area (Å²) in [6.45, 7) is 2.54. The van der Waals surface area contributed by atoms with Crippen LogP contribution >= 0.6 is 0 Å². The lowest BCUT2D eigenvalue weighted by atomic mass is 10.1. The minimum absolute atomic E-state index is 0.144. The van der Waals surface area contributed by atoms with Crippen LogP contribution < -0.4 is 5.32 Å². The molecular weight excluding hydrogens is 216 g/mol. The highest BCUT2D eigenvalue weighted by Gasteiger charge is 2.38. The summed E-state index contributed by atoms with van der Waals surface area (Å²) in [4.78, 5) is 25.0. The van der Waals surface area contributed by atoms with Crippen LogP contribution in [0, 0.1) is 0 Å². The van der Waals surface area contributed by atoms with Crippen LogP contribution in [-0.4, -0.2) is 23.4 Å². The summed E-state index contributed by atoms with van der Waals surface area (Å²) in [5.74, 6) is -0.144. The lowest BCUT2D eigenvalue weighted by Gasteiger charge is -2.12. The molecule has 1 fully saturated rings. The monoisotopic (exact) mass is 232 g/mol. The zero-order valence-electron chi connectivity index (χ0n) is 9.85. The molecule has 1 aromatic carbocycles. The normalized spacial score (nSPS) is 19.6. The second-order valence-electron chi connectivity index (χ2n) is 4.14. The number of imide groups is 1. The number of amides is 3. The zero-order chi connectivity index (χ0) is 12.3. The largest absolute Gasteiger partial charge is 0.325 e. The van der Waals surface area contributed by atoms with Gasteiger partial charge >= 0.3 is 6.03 Å². The van der Waals surface area contributed by atoms with Gasteiger partial charge in [-0.05, 0) is 12.0 Å². The van der Waals surface area contributed by atoms with Crippen molar-refractivity contribution in [3.63, 3.8) is 0 Å². The summed E-state index contributed by atoms with van der Waals surface area (Å²) in [6.07, 6.45) is 1.81. The fourth-order valence-corrected chi connectivity index (χ4v) is 1.92. The molecule has 0 saturated carbocycles. The van der Waals surface area contributed by atoms with Crippen molar-refractivity contribution in [1.82, 2.24) is 10.2 Å². The number of benzene rings is 1. The first-order valence-corrected chi connectivity index (χ1v) is 5.91. The number of hydrogen-bond donors (Lipinski definition) is 1. The van der Waals surface area contributed by atoms with E-state index >= 15 is 0 Å². The van der Waals surface area contributed by atoms with Gasteiger partial charge in [0.2, 0.25) is 0 Å². The fourth-order valence-electron chi connectivity index (χ4n) is 1.92. The van der Waals surface area contributed by atoms with E-state index in [0.717, 1.165) is 18.4 Å². The highest BCUT2D eigenvalue weighted by Crippen LogP contribution is 2.21. The third-order valence-electron chi connectivity index (χ3n) is 2.89. The number of nitrogens with one attached hydrogen (secondary N) is 1. The van der Waals surface area contributed by atoms with Crippen molar-refractivity contribution in [3.05, 3.63) is 35.9 Å². The SMILES string of the molecule is CCCCN1C(=O)NC(c2ccccc2)C1=O. The molecule has 1 aliphatic rings. The molecule has 2 rings (SSSR count). The molecule has 17 heavy (non-hydrogen) atoms. The van der Waals surface area contributed by atoms with Gasteiger partial charge in [0.15, 0.2) is 0 Å². The van der Waals surface area contributed by atoms with Crippen molar-refractivity contribution < 1.29 is 9.59 Å². The smallest absolute Gasteiger partial charge is 0.322 e. The average molecular weight is 232 g/mol. The molecule has 0 spiro atoms. The minimum atomic E-state index is -0.513. The Morgan fingerprint density at radius 2 is 1.94 bits per heavy atom. The molecule has 0 aromatic heterocycles. The molecule has 1 heterocycles. The summed E-state index contributed by atoms with van der Waals surface area (Å²) in [7, 11) is 0. The van der Waals surface area contributed by atoms with Crippen molar-refractivity contribution in [2.24, 2.45) is 0 Å². The number of carbonyl (C=O) groups excluding carboxylic acids is 2. The standard InChI is InChI=1S/C13H16N2O2/c1-2-3-9-15-12(16)11(14-13(15)17)10-7-5-4-6-8-10/h4-8,11H,2-3,9H2,1H3,(H,14,17). The maximum absolute atomic E-state index is 12.1. The van der Waals surface area contributed by atoms with Crippen molar-refractivity contribution in [1.29, 1.82) is 0 Å². The first-order valence-electron chi connectivity index (χ1n) is 5.91. The summed E-state index contributed by atoms with van der Waals surface area (Å²) >= 11 is 0. The van der Waals surface area contributed by atoms with Gasteiger partial charge in [-0.1, -0.05) is 43.7 Å². The van der Waals surface area contributed by atoms with E-state index in [9.17, 15) is 9.59 Å². The van der Waals surface area contributed by atoms with Gasteiger partial charge in [0.1, 0.15) is 6.04 Å². The van der Waals surface area contributed by atoms with Crippen LogP contribution in [0.15, 0.2) is 30.3 Å². The number of urea groups is 1. The van der Waals surface area contributed by atoms with Crippen molar-refractivity contribution in [2.45, 2.75) is 25.8 Å². The summed E-state index contributed by atoms with van der Waals surface area (Å²) in [6, 6.07) is 8.53. The Bertz CT molecular complexity index is 417. The number of nitrogens with zero attached hydrogens (tertiary/aromatic N) is 1. The highest BCUT2D eigenvalue weighted by atomic mass is 16.2. The molecule has 1 aromatic rings. The Hall–Kier alpha value is -1.84. The molecule has 4 nitrogen and oxygen atoms in total. The van der Waals surface area contributed by atoms with E-state index < -0.39 is 6.04 Å². The summed E-state index contributed by atoms with van der Waals surface area (Å²) < 4.78 is 0. The molecule has 1 atom stereocenters. The van der Waals surface area contributed by atoms with E-state index in [0.29, 0.717) is 6.54 Å². The van der Waals surface area contributed by atoms with E-state index in [1.165, 1.54) is 4.90 Å². The molecule has 90 valence electrons. The van der Waals surface area contributed by atoms with E-state index in [4.69, 9.17) is 0 Å². The quantitative estimate of drug-likeness (QED) is 0.808. The van der Waals surface area contributed by atoms with Gasteiger partial charge in [0.05, 0.1) is 0 Å². The van der Waals surface area contributed by atoms with Crippen LogP contribution in [0.1, 0.15) is 31.4 Å². The number of unbranched alkanes of at least 4 members (excludes halogenated alkanes) is 1. The Balaban J connectivity index is 2.13. The van der Waals surface area contributed by atoms with Crippen LogP contribution in [0.3, 0.4) is 0 Å². The van der Waals surface area contributed by atoms with Gasteiger partial charge in [-0.2, -0.15) is 0 Å². The molecule has 1 saturated heterocycles. The molecule has 1 unspecified atom stereocenters. The lowest BCUT2D eigenvalue weighted by Crippen LogP contribution is -2.31. The van der Waals surface area contributed by atoms with Crippen LogP contribution in [0.25, 0.3) is 0 Å². The Labute approximate surface area is 101 Å². The maximum atomic E-state index is 12.1. The Morgan fingerprint density at radius 3 is 2.59 bits per heavy atom. The molecule has 0 bridgehead atoms. The third kappa shape index (κ3) is 2.30. The van der Waals surface area contributed by atoms with Crippen LogP contribution in [0.5, 0.6) is 0 Å². The van der Waals surface area contributed by atoms with Gasteiger partial charge in [0, 0.05) is 6.54 Å². The van der Waals surface area contributed by atoms with Crippen LogP contribution in [0.4, 0.5) is 4.79 Å². The van der Waals surface area contributed by atoms with Gasteiger partial charge in [-0.25, -0.2) is 4.79 Å². The second-order valence-corrected chi connectivity index (χ2v) is 4.14. The van der Waals surface area contributed by atoms with E-state index in [-0.39, 0.29) is 11.9 Å². The van der Waals surface area contributed by atoms with Crippen LogP contribution in [0.2, 0.25) is 0 Å². The average Bonchev–Trinajstić information content (AvgIpc) is 2.64. The predicted molar refractivity (Wildman–Crippen MR) is 64.3 cm³/mol. The lowest BCUT2D eigenvalue weighted by molar-refractivity contribution is -0.127. The minimum Gasteiger partial charge on any atom is -0.322 e. The molecule has 1 aliphatic heterocycles. The van der Waals surface area contributed by atoms with Crippen LogP contribution in [-0.2, 0) is 4.79 Å². The Kier molecular flexibility index (Phi) is 3.42. The maximum Gasteiger partial charge on any atom is 0.325 e. The van der Waals surface area contributed by atoms with Crippen molar-refractivity contribution in [2.75, 3.05) is 6.54 Å². The molecule has 0 radical (unpaired) electrons. The van der Waals surface area contributed by atoms with E-state index in [2.05, 4.69) is 5.32 Å². The van der Waals surface area contributed by atoms with Crippen molar-refractivity contribution >= 4 is 11.9 Å². The predicted octanol–water partition coefficient (Wildman–Crippen LogP) is 2.08.